The van der Waals surface area contributed by atoms with Gasteiger partial charge in [0.25, 0.3) is 0 Å². The standard InChI is InChI=1S/C21H23NO4/c1-4-25-19-14-17(21(24)26-5-2)11-12-18(19)22-20(23)13-10-16-8-6-15(3)7-9-16/h6-14H,4-5H2,1-3H3,(H,22,23)/b13-10+. The number of hydrogen-bond acceptors (Lipinski definition) is 4. The molecular formula is C21H23NO4. The van der Waals surface area contributed by atoms with Crippen molar-refractivity contribution in [3.63, 3.8) is 0 Å². The minimum absolute atomic E-state index is 0.282. The minimum atomic E-state index is -0.425. The molecule has 5 heteroatoms. The Labute approximate surface area is 153 Å². The highest BCUT2D eigenvalue weighted by molar-refractivity contribution is 6.03. The van der Waals surface area contributed by atoms with E-state index in [0.29, 0.717) is 30.2 Å². The molecule has 1 N–H and O–H groups in total. The molecular weight excluding hydrogens is 330 g/mol. The van der Waals surface area contributed by atoms with Gasteiger partial charge >= 0.3 is 5.97 Å². The van der Waals surface area contributed by atoms with Gasteiger partial charge in [0.1, 0.15) is 5.75 Å². The van der Waals surface area contributed by atoms with Crippen LogP contribution >= 0.6 is 0 Å². The van der Waals surface area contributed by atoms with E-state index in [0.717, 1.165) is 11.1 Å². The normalized spacial score (nSPS) is 10.6. The van der Waals surface area contributed by atoms with Gasteiger partial charge in [-0.1, -0.05) is 29.8 Å². The molecule has 0 aromatic heterocycles. The summed E-state index contributed by atoms with van der Waals surface area (Å²) in [4.78, 5) is 24.0. The van der Waals surface area contributed by atoms with Crippen molar-refractivity contribution in [3.8, 4) is 5.75 Å². The Balaban J connectivity index is 2.12. The predicted molar refractivity (Wildman–Crippen MR) is 102 cm³/mol. The van der Waals surface area contributed by atoms with Crippen molar-refractivity contribution in [1.82, 2.24) is 0 Å². The van der Waals surface area contributed by atoms with Crippen molar-refractivity contribution in [1.29, 1.82) is 0 Å². The lowest BCUT2D eigenvalue weighted by Crippen LogP contribution is -2.11. The van der Waals surface area contributed by atoms with Gasteiger partial charge in [-0.05, 0) is 50.6 Å². The summed E-state index contributed by atoms with van der Waals surface area (Å²) in [5, 5.41) is 2.77. The highest BCUT2D eigenvalue weighted by Gasteiger charge is 2.12. The Morgan fingerprint density at radius 1 is 1.04 bits per heavy atom. The van der Waals surface area contributed by atoms with Crippen molar-refractivity contribution < 1.29 is 19.1 Å². The smallest absolute Gasteiger partial charge is 0.338 e. The summed E-state index contributed by atoms with van der Waals surface area (Å²) in [5.74, 6) is -0.281. The molecule has 0 atom stereocenters. The van der Waals surface area contributed by atoms with Crippen LogP contribution in [0, 0.1) is 6.92 Å². The van der Waals surface area contributed by atoms with E-state index in [1.54, 1.807) is 31.2 Å². The van der Waals surface area contributed by atoms with Crippen LogP contribution < -0.4 is 10.1 Å². The second-order valence-electron chi connectivity index (χ2n) is 5.60. The fraction of sp³-hybridized carbons (Fsp3) is 0.238. The average molecular weight is 353 g/mol. The summed E-state index contributed by atoms with van der Waals surface area (Å²) in [7, 11) is 0. The SMILES string of the molecule is CCOC(=O)c1ccc(NC(=O)/C=C/c2ccc(C)cc2)c(OCC)c1. The first-order valence-corrected chi connectivity index (χ1v) is 8.53. The molecule has 2 aromatic rings. The molecule has 0 fully saturated rings. The number of anilines is 1. The predicted octanol–water partition coefficient (Wildman–Crippen LogP) is 4.22. The van der Waals surface area contributed by atoms with E-state index in [2.05, 4.69) is 5.32 Å². The van der Waals surface area contributed by atoms with Gasteiger partial charge in [-0.3, -0.25) is 4.79 Å². The summed E-state index contributed by atoms with van der Waals surface area (Å²) in [6.45, 7) is 6.30. The van der Waals surface area contributed by atoms with E-state index in [1.807, 2.05) is 38.1 Å². The van der Waals surface area contributed by atoms with Crippen LogP contribution in [0.1, 0.15) is 35.3 Å². The molecule has 136 valence electrons. The molecule has 2 aromatic carbocycles. The van der Waals surface area contributed by atoms with Crippen LogP contribution in [0.3, 0.4) is 0 Å². The lowest BCUT2D eigenvalue weighted by atomic mass is 10.1. The Hall–Kier alpha value is -3.08. The van der Waals surface area contributed by atoms with Crippen LogP contribution in [0.25, 0.3) is 6.08 Å². The Bertz CT molecular complexity index is 794. The zero-order chi connectivity index (χ0) is 18.9. The first kappa shape index (κ1) is 19.2. The topological polar surface area (TPSA) is 64.6 Å². The summed E-state index contributed by atoms with van der Waals surface area (Å²) >= 11 is 0. The highest BCUT2D eigenvalue weighted by atomic mass is 16.5. The monoisotopic (exact) mass is 353 g/mol. The maximum atomic E-state index is 12.2. The van der Waals surface area contributed by atoms with E-state index in [4.69, 9.17) is 9.47 Å². The third kappa shape index (κ3) is 5.48. The molecule has 26 heavy (non-hydrogen) atoms. The Kier molecular flexibility index (Phi) is 6.97. The van der Waals surface area contributed by atoms with Crippen LogP contribution in [-0.2, 0) is 9.53 Å². The second-order valence-corrected chi connectivity index (χ2v) is 5.60. The molecule has 0 spiro atoms. The first-order valence-electron chi connectivity index (χ1n) is 8.53. The molecule has 0 aliphatic rings. The molecule has 0 aliphatic heterocycles. The highest BCUT2D eigenvalue weighted by Crippen LogP contribution is 2.26. The fourth-order valence-corrected chi connectivity index (χ4v) is 2.27. The van der Waals surface area contributed by atoms with E-state index >= 15 is 0 Å². The van der Waals surface area contributed by atoms with Gasteiger partial charge in [0.15, 0.2) is 0 Å². The number of hydrogen-bond donors (Lipinski definition) is 1. The molecule has 5 nitrogen and oxygen atoms in total. The minimum Gasteiger partial charge on any atom is -0.492 e. The zero-order valence-corrected chi connectivity index (χ0v) is 15.2. The number of nitrogens with one attached hydrogen (secondary N) is 1. The maximum absolute atomic E-state index is 12.2. The van der Waals surface area contributed by atoms with Crippen molar-refractivity contribution in [3.05, 3.63) is 65.2 Å². The van der Waals surface area contributed by atoms with Crippen LogP contribution in [0.2, 0.25) is 0 Å². The number of aryl methyl sites for hydroxylation is 1. The molecule has 0 unspecified atom stereocenters. The number of carbonyl (C=O) groups excluding carboxylic acids is 2. The molecule has 1 amide bonds. The fourth-order valence-electron chi connectivity index (χ4n) is 2.27. The van der Waals surface area contributed by atoms with Gasteiger partial charge in [-0.25, -0.2) is 4.79 Å². The maximum Gasteiger partial charge on any atom is 0.338 e. The van der Waals surface area contributed by atoms with Crippen molar-refractivity contribution in [2.75, 3.05) is 18.5 Å². The first-order chi connectivity index (χ1) is 12.5. The lowest BCUT2D eigenvalue weighted by Gasteiger charge is -2.12. The average Bonchev–Trinajstić information content (AvgIpc) is 2.63. The molecule has 2 rings (SSSR count). The molecule has 0 radical (unpaired) electrons. The quantitative estimate of drug-likeness (QED) is 0.598. The van der Waals surface area contributed by atoms with E-state index in [9.17, 15) is 9.59 Å². The molecule has 0 aliphatic carbocycles. The van der Waals surface area contributed by atoms with Gasteiger partial charge in [-0.15, -0.1) is 0 Å². The van der Waals surface area contributed by atoms with E-state index in [-0.39, 0.29) is 5.91 Å². The number of rotatable bonds is 7. The van der Waals surface area contributed by atoms with Crippen LogP contribution in [-0.4, -0.2) is 25.1 Å². The zero-order valence-electron chi connectivity index (χ0n) is 15.2. The number of esters is 1. The van der Waals surface area contributed by atoms with Crippen LogP contribution in [0.5, 0.6) is 5.75 Å². The van der Waals surface area contributed by atoms with E-state index < -0.39 is 5.97 Å². The number of amides is 1. The number of carbonyl (C=O) groups is 2. The van der Waals surface area contributed by atoms with Crippen molar-refractivity contribution in [2.24, 2.45) is 0 Å². The van der Waals surface area contributed by atoms with Gasteiger partial charge < -0.3 is 14.8 Å². The Morgan fingerprint density at radius 3 is 2.42 bits per heavy atom. The van der Waals surface area contributed by atoms with Gasteiger partial charge in [0.2, 0.25) is 5.91 Å². The summed E-state index contributed by atoms with van der Waals surface area (Å²) in [6.07, 6.45) is 3.20. The Morgan fingerprint density at radius 2 is 1.77 bits per heavy atom. The summed E-state index contributed by atoms with van der Waals surface area (Å²) in [5.41, 5.74) is 2.98. The third-order valence-electron chi connectivity index (χ3n) is 3.55. The molecule has 0 saturated carbocycles. The van der Waals surface area contributed by atoms with Crippen LogP contribution in [0.15, 0.2) is 48.5 Å². The van der Waals surface area contributed by atoms with Crippen molar-refractivity contribution in [2.45, 2.75) is 20.8 Å². The van der Waals surface area contributed by atoms with Crippen LogP contribution in [0.4, 0.5) is 5.69 Å². The summed E-state index contributed by atoms with van der Waals surface area (Å²) in [6, 6.07) is 12.7. The largest absolute Gasteiger partial charge is 0.492 e. The summed E-state index contributed by atoms with van der Waals surface area (Å²) < 4.78 is 10.5. The van der Waals surface area contributed by atoms with Gasteiger partial charge in [0, 0.05) is 6.08 Å². The van der Waals surface area contributed by atoms with Gasteiger partial charge in [0.05, 0.1) is 24.5 Å². The molecule has 0 heterocycles. The lowest BCUT2D eigenvalue weighted by molar-refractivity contribution is -0.111. The van der Waals surface area contributed by atoms with Crippen molar-refractivity contribution >= 4 is 23.6 Å². The third-order valence-corrected chi connectivity index (χ3v) is 3.55. The number of ether oxygens (including phenoxy) is 2. The number of benzene rings is 2. The molecule has 0 saturated heterocycles. The second kappa shape index (κ2) is 9.42. The van der Waals surface area contributed by atoms with Gasteiger partial charge in [-0.2, -0.15) is 0 Å². The van der Waals surface area contributed by atoms with E-state index in [1.165, 1.54) is 6.08 Å². The molecule has 0 bridgehead atoms.